The van der Waals surface area contributed by atoms with Gasteiger partial charge in [0.05, 0.1) is 39.6 Å². The van der Waals surface area contributed by atoms with Crippen LogP contribution in [0.25, 0.3) is 0 Å². The van der Waals surface area contributed by atoms with E-state index in [1.807, 2.05) is 37.8 Å². The van der Waals surface area contributed by atoms with Crippen molar-refractivity contribution in [2.24, 2.45) is 0 Å². The molecule has 2 atom stereocenters. The lowest BCUT2D eigenvalue weighted by molar-refractivity contribution is -0.139. The summed E-state index contributed by atoms with van der Waals surface area (Å²) in [5.41, 5.74) is -1.38. The molecule has 0 amide bonds. The van der Waals surface area contributed by atoms with Crippen molar-refractivity contribution in [3.8, 4) is 11.8 Å². The predicted octanol–water partition coefficient (Wildman–Crippen LogP) is 1.98. The molecule has 2 bridgehead atoms. The largest absolute Gasteiger partial charge is 0.467 e. The van der Waals surface area contributed by atoms with Gasteiger partial charge in [0.1, 0.15) is 22.7 Å². The van der Waals surface area contributed by atoms with Gasteiger partial charge >= 0.3 is 23.9 Å². The Morgan fingerprint density at radius 1 is 0.706 bits per heavy atom. The third-order valence-electron chi connectivity index (χ3n) is 4.68. The molecular formula is C24H28O10. The van der Waals surface area contributed by atoms with Crippen LogP contribution in [0, 0.1) is 25.7 Å². The van der Waals surface area contributed by atoms with Gasteiger partial charge in [-0.2, -0.15) is 0 Å². The highest BCUT2D eigenvalue weighted by atomic mass is 16.6. The van der Waals surface area contributed by atoms with Gasteiger partial charge in [0.2, 0.25) is 0 Å². The van der Waals surface area contributed by atoms with E-state index < -0.39 is 35.1 Å². The highest BCUT2D eigenvalue weighted by molar-refractivity contribution is 6.05. The number of fused-ring (bicyclic) bond motifs is 2. The fourth-order valence-corrected chi connectivity index (χ4v) is 3.17. The van der Waals surface area contributed by atoms with E-state index in [0.717, 1.165) is 11.5 Å². The molecule has 0 fully saturated rings. The number of carbonyl (C=O) groups is 4. The van der Waals surface area contributed by atoms with Gasteiger partial charge in [-0.05, 0) is 52.0 Å². The second-order valence-electron chi connectivity index (χ2n) is 7.27. The summed E-state index contributed by atoms with van der Waals surface area (Å²) in [5.74, 6) is 3.11. The summed E-state index contributed by atoms with van der Waals surface area (Å²) in [6, 6.07) is 3.91. The van der Waals surface area contributed by atoms with E-state index in [2.05, 4.69) is 9.47 Å². The predicted molar refractivity (Wildman–Crippen MR) is 118 cm³/mol. The fourth-order valence-electron chi connectivity index (χ4n) is 3.17. The molecule has 3 heterocycles. The number of furan rings is 1. The van der Waals surface area contributed by atoms with Crippen molar-refractivity contribution in [2.45, 2.75) is 38.9 Å². The average molecular weight is 476 g/mol. The van der Waals surface area contributed by atoms with E-state index in [1.165, 1.54) is 28.4 Å². The molecule has 10 heteroatoms. The molecule has 0 aliphatic carbocycles. The third-order valence-corrected chi connectivity index (χ3v) is 4.68. The molecule has 0 aromatic carbocycles. The first-order chi connectivity index (χ1) is 15.9. The minimum absolute atomic E-state index is 0.219. The summed E-state index contributed by atoms with van der Waals surface area (Å²) in [4.78, 5) is 44.0. The molecule has 2 aliphatic rings. The molecule has 10 nitrogen and oxygen atoms in total. The molecule has 3 rings (SSSR count). The van der Waals surface area contributed by atoms with Crippen molar-refractivity contribution >= 4 is 23.9 Å². The van der Waals surface area contributed by atoms with E-state index in [-0.39, 0.29) is 11.1 Å². The lowest BCUT2D eigenvalue weighted by Crippen LogP contribution is -2.29. The summed E-state index contributed by atoms with van der Waals surface area (Å²) < 4.78 is 28.5. The van der Waals surface area contributed by atoms with Gasteiger partial charge in [0, 0.05) is 11.8 Å². The lowest BCUT2D eigenvalue weighted by atomic mass is 9.83. The third kappa shape index (κ3) is 6.83. The van der Waals surface area contributed by atoms with Crippen LogP contribution in [-0.4, -0.2) is 63.5 Å². The highest BCUT2D eigenvalue weighted by Crippen LogP contribution is 2.50. The van der Waals surface area contributed by atoms with Crippen molar-refractivity contribution in [2.75, 3.05) is 28.4 Å². The molecule has 34 heavy (non-hydrogen) atoms. The summed E-state index contributed by atoms with van der Waals surface area (Å²) in [7, 11) is 4.89. The Kier molecular flexibility index (Phi) is 9.83. The number of aryl methyl sites for hydroxylation is 2. The summed E-state index contributed by atoms with van der Waals surface area (Å²) in [6.07, 6.45) is 3.51. The molecule has 1 aromatic heterocycles. The Bertz CT molecular complexity index is 988. The number of ether oxygens (including phenoxy) is 5. The molecular weight excluding hydrogens is 448 g/mol. The summed E-state index contributed by atoms with van der Waals surface area (Å²) in [5, 5.41) is 0. The van der Waals surface area contributed by atoms with Crippen molar-refractivity contribution < 1.29 is 47.3 Å². The maximum Gasteiger partial charge on any atom is 0.384 e. The molecule has 0 saturated carbocycles. The fraction of sp³-hybridized carbons (Fsp3) is 0.417. The van der Waals surface area contributed by atoms with Gasteiger partial charge in [-0.25, -0.2) is 19.2 Å². The maximum atomic E-state index is 11.8. The number of hydrogen-bond acceptors (Lipinski definition) is 10. The molecule has 0 radical (unpaired) electrons. The van der Waals surface area contributed by atoms with Crippen LogP contribution in [-0.2, 0) is 42.9 Å². The van der Waals surface area contributed by atoms with Gasteiger partial charge in [0.15, 0.2) is 0 Å². The Balaban J connectivity index is 0.000000288. The van der Waals surface area contributed by atoms with Gasteiger partial charge in [0.25, 0.3) is 0 Å². The second kappa shape index (κ2) is 11.9. The summed E-state index contributed by atoms with van der Waals surface area (Å²) >= 11 is 0. The number of carbonyl (C=O) groups excluding carboxylic acids is 4. The van der Waals surface area contributed by atoms with Crippen LogP contribution >= 0.6 is 0 Å². The first-order valence-electron chi connectivity index (χ1n) is 9.90. The van der Waals surface area contributed by atoms with Crippen LogP contribution in [0.3, 0.4) is 0 Å². The SMILES string of the molecule is COC(=O)C#CC(=O)OC.COC(=O)C1=C(C(=O)OC)[C@]2(C)C=C[C@@]1(C)O2.Cc1ccc(C)o1. The van der Waals surface area contributed by atoms with Gasteiger partial charge < -0.3 is 28.1 Å². The lowest BCUT2D eigenvalue weighted by Gasteiger charge is -2.20. The van der Waals surface area contributed by atoms with E-state index in [4.69, 9.17) is 18.6 Å². The first-order valence-corrected chi connectivity index (χ1v) is 9.90. The normalized spacial score (nSPS) is 21.1. The molecule has 0 unspecified atom stereocenters. The molecule has 0 N–H and O–H groups in total. The Hall–Kier alpha value is -3.84. The zero-order valence-corrected chi connectivity index (χ0v) is 20.4. The number of methoxy groups -OCH3 is 4. The molecule has 1 aromatic rings. The number of rotatable bonds is 2. The first kappa shape index (κ1) is 28.2. The van der Waals surface area contributed by atoms with Gasteiger partial charge in [-0.3, -0.25) is 0 Å². The Morgan fingerprint density at radius 2 is 1.06 bits per heavy atom. The quantitative estimate of drug-likeness (QED) is 0.205. The van der Waals surface area contributed by atoms with E-state index in [1.54, 1.807) is 26.0 Å². The summed E-state index contributed by atoms with van der Waals surface area (Å²) in [6.45, 7) is 7.31. The van der Waals surface area contributed by atoms with E-state index in [0.29, 0.717) is 0 Å². The van der Waals surface area contributed by atoms with Crippen molar-refractivity contribution in [1.29, 1.82) is 0 Å². The zero-order chi connectivity index (χ0) is 26.1. The monoisotopic (exact) mass is 476 g/mol. The molecule has 2 aliphatic heterocycles. The molecule has 0 saturated heterocycles. The standard InChI is InChI=1S/C12H14O5.C6H6O4.C6H8O/c1-11-5-6-12(2,17-11)8(10(14)16-4)7(11)9(13)15-3;1-9-5(7)3-4-6(8)10-2;1-5-3-4-6(2)7-5/h5-6H,1-4H3;1-2H3;3-4H,1-2H3/t11-,12+;;. The van der Waals surface area contributed by atoms with Crippen LogP contribution < -0.4 is 0 Å². The topological polar surface area (TPSA) is 128 Å². The van der Waals surface area contributed by atoms with Crippen LogP contribution in [0.15, 0.2) is 39.8 Å². The van der Waals surface area contributed by atoms with E-state index >= 15 is 0 Å². The van der Waals surface area contributed by atoms with Gasteiger partial charge in [-0.15, -0.1) is 0 Å². The average Bonchev–Trinajstić information content (AvgIpc) is 3.43. The Morgan fingerprint density at radius 3 is 1.29 bits per heavy atom. The van der Waals surface area contributed by atoms with Crippen molar-refractivity contribution in [3.63, 3.8) is 0 Å². The minimum Gasteiger partial charge on any atom is -0.467 e. The van der Waals surface area contributed by atoms with E-state index in [9.17, 15) is 19.2 Å². The maximum absolute atomic E-state index is 11.8. The minimum atomic E-state index is -0.911. The Labute approximate surface area is 197 Å². The van der Waals surface area contributed by atoms with Crippen molar-refractivity contribution in [3.05, 3.63) is 47.0 Å². The van der Waals surface area contributed by atoms with Crippen molar-refractivity contribution in [1.82, 2.24) is 0 Å². The van der Waals surface area contributed by atoms with Crippen LogP contribution in [0.4, 0.5) is 0 Å². The smallest absolute Gasteiger partial charge is 0.384 e. The highest BCUT2D eigenvalue weighted by Gasteiger charge is 2.57. The molecule has 184 valence electrons. The van der Waals surface area contributed by atoms with Crippen LogP contribution in [0.1, 0.15) is 25.4 Å². The number of esters is 4. The van der Waals surface area contributed by atoms with Gasteiger partial charge in [-0.1, -0.05) is 0 Å². The number of hydrogen-bond donors (Lipinski definition) is 0. The molecule has 0 spiro atoms. The van der Waals surface area contributed by atoms with Crippen LogP contribution in [0.2, 0.25) is 0 Å². The second-order valence-corrected chi connectivity index (χ2v) is 7.27. The van der Waals surface area contributed by atoms with Crippen LogP contribution in [0.5, 0.6) is 0 Å². The zero-order valence-electron chi connectivity index (χ0n) is 20.4.